The summed E-state index contributed by atoms with van der Waals surface area (Å²) in [5, 5.41) is 11.1. The standard InChI is InChI=1S/C14H16N4S/c1-2-3-10-4-6-11(7-5-10)17-14-12(13(15)19)8-9-16-18-14/h4-9H,2-3H2,1H3,(H2,15,19)(H,17,18). The van der Waals surface area contributed by atoms with E-state index < -0.39 is 0 Å². The number of nitrogens with one attached hydrogen (secondary N) is 1. The quantitative estimate of drug-likeness (QED) is 0.819. The van der Waals surface area contributed by atoms with E-state index in [2.05, 4.69) is 34.6 Å². The first kappa shape index (κ1) is 13.4. The van der Waals surface area contributed by atoms with E-state index in [4.69, 9.17) is 18.0 Å². The van der Waals surface area contributed by atoms with Crippen LogP contribution < -0.4 is 11.1 Å². The van der Waals surface area contributed by atoms with Crippen LogP contribution in [-0.4, -0.2) is 15.2 Å². The third-order valence-electron chi connectivity index (χ3n) is 2.74. The number of anilines is 2. The van der Waals surface area contributed by atoms with E-state index in [1.165, 1.54) is 5.56 Å². The molecule has 2 rings (SSSR count). The maximum absolute atomic E-state index is 5.66. The first-order valence-electron chi connectivity index (χ1n) is 6.18. The highest BCUT2D eigenvalue weighted by Crippen LogP contribution is 2.18. The van der Waals surface area contributed by atoms with Crippen LogP contribution in [0.4, 0.5) is 11.5 Å². The molecule has 0 aliphatic rings. The molecule has 0 atom stereocenters. The highest BCUT2D eigenvalue weighted by atomic mass is 32.1. The van der Waals surface area contributed by atoms with Crippen LogP contribution in [-0.2, 0) is 6.42 Å². The minimum atomic E-state index is 0.306. The fourth-order valence-electron chi connectivity index (χ4n) is 1.80. The summed E-state index contributed by atoms with van der Waals surface area (Å²) in [6.07, 6.45) is 3.80. The molecule has 19 heavy (non-hydrogen) atoms. The Hall–Kier alpha value is -2.01. The Balaban J connectivity index is 2.19. The molecule has 0 radical (unpaired) electrons. The summed E-state index contributed by atoms with van der Waals surface area (Å²) >= 11 is 4.99. The minimum Gasteiger partial charge on any atom is -0.389 e. The topological polar surface area (TPSA) is 63.8 Å². The third-order valence-corrected chi connectivity index (χ3v) is 2.96. The van der Waals surface area contributed by atoms with Gasteiger partial charge in [0.25, 0.3) is 0 Å². The lowest BCUT2D eigenvalue weighted by molar-refractivity contribution is 0.922. The van der Waals surface area contributed by atoms with Gasteiger partial charge in [0.05, 0.1) is 11.8 Å². The highest BCUT2D eigenvalue weighted by Gasteiger charge is 2.06. The van der Waals surface area contributed by atoms with Crippen LogP contribution in [0, 0.1) is 0 Å². The molecule has 0 spiro atoms. The lowest BCUT2D eigenvalue weighted by Gasteiger charge is -2.09. The zero-order valence-electron chi connectivity index (χ0n) is 10.8. The van der Waals surface area contributed by atoms with Gasteiger partial charge in [0.1, 0.15) is 4.99 Å². The number of nitrogens with zero attached hydrogens (tertiary/aromatic N) is 2. The van der Waals surface area contributed by atoms with Gasteiger partial charge in [0, 0.05) is 5.69 Å². The molecule has 1 heterocycles. The number of rotatable bonds is 5. The monoisotopic (exact) mass is 272 g/mol. The van der Waals surface area contributed by atoms with Crippen molar-refractivity contribution < 1.29 is 0 Å². The van der Waals surface area contributed by atoms with Crippen molar-refractivity contribution >= 4 is 28.7 Å². The first-order valence-corrected chi connectivity index (χ1v) is 6.59. The van der Waals surface area contributed by atoms with Crippen LogP contribution >= 0.6 is 12.2 Å². The maximum atomic E-state index is 5.66. The van der Waals surface area contributed by atoms with Crippen LogP contribution in [0.15, 0.2) is 36.5 Å². The molecule has 2 aromatic rings. The molecule has 1 aromatic carbocycles. The number of nitrogens with two attached hydrogens (primary N) is 1. The van der Waals surface area contributed by atoms with Gasteiger partial charge in [-0.05, 0) is 30.2 Å². The smallest absolute Gasteiger partial charge is 0.163 e. The second kappa shape index (κ2) is 6.24. The summed E-state index contributed by atoms with van der Waals surface area (Å²) < 4.78 is 0. The Labute approximate surface area is 118 Å². The molecular formula is C14H16N4S. The Morgan fingerprint density at radius 1 is 1.26 bits per heavy atom. The van der Waals surface area contributed by atoms with Gasteiger partial charge in [-0.15, -0.1) is 5.10 Å². The van der Waals surface area contributed by atoms with Crippen molar-refractivity contribution in [1.29, 1.82) is 0 Å². The summed E-state index contributed by atoms with van der Waals surface area (Å²) in [5.74, 6) is 0.582. The second-order valence-electron chi connectivity index (χ2n) is 4.23. The Morgan fingerprint density at radius 3 is 2.63 bits per heavy atom. The normalized spacial score (nSPS) is 10.2. The molecule has 0 amide bonds. The lowest BCUT2D eigenvalue weighted by Crippen LogP contribution is -2.13. The fourth-order valence-corrected chi connectivity index (χ4v) is 1.97. The number of benzene rings is 1. The predicted molar refractivity (Wildman–Crippen MR) is 81.6 cm³/mol. The molecule has 4 nitrogen and oxygen atoms in total. The molecule has 0 fully saturated rings. The molecule has 0 saturated carbocycles. The maximum Gasteiger partial charge on any atom is 0.163 e. The van der Waals surface area contributed by atoms with Crippen molar-refractivity contribution in [2.75, 3.05) is 5.32 Å². The van der Waals surface area contributed by atoms with Gasteiger partial charge >= 0.3 is 0 Å². The van der Waals surface area contributed by atoms with E-state index in [0.29, 0.717) is 16.4 Å². The summed E-state index contributed by atoms with van der Waals surface area (Å²) in [4.78, 5) is 0.306. The Bertz CT molecular complexity index is 566. The number of aryl methyl sites for hydroxylation is 1. The average Bonchev–Trinajstić information content (AvgIpc) is 2.42. The molecule has 3 N–H and O–H groups in total. The summed E-state index contributed by atoms with van der Waals surface area (Å²) in [6.45, 7) is 2.17. The molecule has 0 aliphatic carbocycles. The van der Waals surface area contributed by atoms with Gasteiger partial charge in [-0.1, -0.05) is 37.7 Å². The molecule has 0 saturated heterocycles. The van der Waals surface area contributed by atoms with Crippen molar-refractivity contribution in [1.82, 2.24) is 10.2 Å². The molecule has 1 aromatic heterocycles. The van der Waals surface area contributed by atoms with E-state index in [9.17, 15) is 0 Å². The SMILES string of the molecule is CCCc1ccc(Nc2nnccc2C(N)=S)cc1. The summed E-state index contributed by atoms with van der Waals surface area (Å²) in [6, 6.07) is 9.99. The van der Waals surface area contributed by atoms with E-state index in [1.54, 1.807) is 12.3 Å². The van der Waals surface area contributed by atoms with Crippen molar-refractivity contribution in [2.45, 2.75) is 19.8 Å². The molecule has 98 valence electrons. The van der Waals surface area contributed by atoms with Crippen molar-refractivity contribution in [3.05, 3.63) is 47.7 Å². The van der Waals surface area contributed by atoms with Gasteiger partial charge in [0.15, 0.2) is 5.82 Å². The van der Waals surface area contributed by atoms with Gasteiger partial charge in [-0.2, -0.15) is 5.10 Å². The largest absolute Gasteiger partial charge is 0.389 e. The van der Waals surface area contributed by atoms with Gasteiger partial charge in [-0.3, -0.25) is 0 Å². The van der Waals surface area contributed by atoms with Crippen LogP contribution in [0.3, 0.4) is 0 Å². The van der Waals surface area contributed by atoms with Crippen molar-refractivity contribution in [3.8, 4) is 0 Å². The van der Waals surface area contributed by atoms with Crippen LogP contribution in [0.2, 0.25) is 0 Å². The molecular weight excluding hydrogens is 256 g/mol. The zero-order chi connectivity index (χ0) is 13.7. The van der Waals surface area contributed by atoms with E-state index >= 15 is 0 Å². The number of thiocarbonyl (C=S) groups is 1. The first-order chi connectivity index (χ1) is 9.20. The van der Waals surface area contributed by atoms with Crippen LogP contribution in [0.1, 0.15) is 24.5 Å². The van der Waals surface area contributed by atoms with Crippen LogP contribution in [0.5, 0.6) is 0 Å². The third kappa shape index (κ3) is 3.48. The van der Waals surface area contributed by atoms with E-state index in [-0.39, 0.29) is 0 Å². The van der Waals surface area contributed by atoms with E-state index in [1.807, 2.05) is 12.1 Å². The van der Waals surface area contributed by atoms with Gasteiger partial charge in [-0.25, -0.2) is 0 Å². The van der Waals surface area contributed by atoms with Crippen LogP contribution in [0.25, 0.3) is 0 Å². The highest BCUT2D eigenvalue weighted by molar-refractivity contribution is 7.80. The van der Waals surface area contributed by atoms with E-state index in [0.717, 1.165) is 18.5 Å². The summed E-state index contributed by atoms with van der Waals surface area (Å²) in [7, 11) is 0. The van der Waals surface area contributed by atoms with Gasteiger partial charge in [0.2, 0.25) is 0 Å². The lowest BCUT2D eigenvalue weighted by atomic mass is 10.1. The Morgan fingerprint density at radius 2 is 2.00 bits per heavy atom. The summed E-state index contributed by atoms with van der Waals surface area (Å²) in [5.41, 5.74) is 8.62. The second-order valence-corrected chi connectivity index (χ2v) is 4.67. The number of aromatic nitrogens is 2. The molecule has 0 aliphatic heterocycles. The fraction of sp³-hybridized carbons (Fsp3) is 0.214. The van der Waals surface area contributed by atoms with Gasteiger partial charge < -0.3 is 11.1 Å². The molecule has 0 bridgehead atoms. The van der Waals surface area contributed by atoms with Crippen molar-refractivity contribution in [3.63, 3.8) is 0 Å². The van der Waals surface area contributed by atoms with Crippen molar-refractivity contribution in [2.24, 2.45) is 5.73 Å². The number of hydrogen-bond donors (Lipinski definition) is 2. The average molecular weight is 272 g/mol. The molecule has 5 heteroatoms. The molecule has 0 unspecified atom stereocenters. The number of hydrogen-bond acceptors (Lipinski definition) is 4. The minimum absolute atomic E-state index is 0.306. The Kier molecular flexibility index (Phi) is 4.41. The zero-order valence-corrected chi connectivity index (χ0v) is 11.6. The predicted octanol–water partition coefficient (Wildman–Crippen LogP) is 2.81.